The molecule has 2 unspecified atom stereocenters. The number of carbonyl (C=O) groups is 1. The fraction of sp³-hybridized carbons (Fsp3) is 0.500. The van der Waals surface area contributed by atoms with Gasteiger partial charge in [-0.15, -0.1) is 0 Å². The Bertz CT molecular complexity index is 638. The van der Waals surface area contributed by atoms with Crippen molar-refractivity contribution < 1.29 is 28.7 Å². The van der Waals surface area contributed by atoms with Crippen molar-refractivity contribution in [1.29, 1.82) is 0 Å². The molecule has 1 saturated heterocycles. The summed E-state index contributed by atoms with van der Waals surface area (Å²) in [5.41, 5.74) is -0.641. The molecule has 1 aliphatic heterocycles. The van der Waals surface area contributed by atoms with Crippen molar-refractivity contribution in [2.24, 2.45) is 0 Å². The molecule has 1 aromatic rings. The number of hydrogen-bond donors (Lipinski definition) is 4. The molecule has 1 aromatic heterocycles. The van der Waals surface area contributed by atoms with E-state index in [1.165, 1.54) is 10.8 Å². The number of aromatic nitrogens is 2. The zero-order valence-electron chi connectivity index (χ0n) is 10.7. The van der Waals surface area contributed by atoms with Crippen LogP contribution in [-0.4, -0.2) is 43.2 Å². The van der Waals surface area contributed by atoms with E-state index in [1.54, 1.807) is 0 Å². The van der Waals surface area contributed by atoms with Gasteiger partial charge in [-0.05, 0) is 25.1 Å². The summed E-state index contributed by atoms with van der Waals surface area (Å²) in [4.78, 5) is 50.8. The van der Waals surface area contributed by atoms with E-state index in [4.69, 9.17) is 31.6 Å². The molecule has 2 heterocycles. The summed E-state index contributed by atoms with van der Waals surface area (Å²) in [6, 6.07) is 0. The third-order valence-corrected chi connectivity index (χ3v) is 3.76. The molecule has 2 rings (SSSR count). The van der Waals surface area contributed by atoms with E-state index in [2.05, 4.69) is 9.51 Å². The summed E-state index contributed by atoms with van der Waals surface area (Å²) in [7, 11) is -4.29. The van der Waals surface area contributed by atoms with Crippen molar-refractivity contribution in [2.45, 2.75) is 25.2 Å². The molecule has 116 valence electrons. The number of nitrogens with zero attached hydrogens (tertiary/aromatic N) is 1. The van der Waals surface area contributed by atoms with E-state index < -0.39 is 26.1 Å². The van der Waals surface area contributed by atoms with Crippen LogP contribution >= 0.6 is 20.4 Å². The lowest BCUT2D eigenvalue weighted by molar-refractivity contribution is -0.0263. The van der Waals surface area contributed by atoms with Gasteiger partial charge in [0, 0.05) is 6.20 Å². The predicted octanol–water partition coefficient (Wildman–Crippen LogP) is 0.0671. The maximum Gasteiger partial charge on any atom is 0.567 e. The van der Waals surface area contributed by atoms with Crippen LogP contribution in [0.15, 0.2) is 11.0 Å². The molecule has 0 radical (unpaired) electrons. The quantitative estimate of drug-likeness (QED) is 0.337. The molecule has 0 bridgehead atoms. The Hall–Kier alpha value is -1.00. The van der Waals surface area contributed by atoms with E-state index in [0.717, 1.165) is 0 Å². The second kappa shape index (κ2) is 6.41. The van der Waals surface area contributed by atoms with Crippen LogP contribution in [0.5, 0.6) is 0 Å². The van der Waals surface area contributed by atoms with Crippen LogP contribution in [-0.2, 0) is 9.26 Å². The van der Waals surface area contributed by atoms with E-state index >= 15 is 0 Å². The highest BCUT2D eigenvalue weighted by Gasteiger charge is 2.37. The first-order valence-electron chi connectivity index (χ1n) is 5.98. The Labute approximate surface area is 124 Å². The van der Waals surface area contributed by atoms with Crippen molar-refractivity contribution in [3.05, 3.63) is 26.9 Å². The maximum absolute atomic E-state index is 11.4. The van der Waals surface area contributed by atoms with Gasteiger partial charge in [-0.3, -0.25) is 19.1 Å². The summed E-state index contributed by atoms with van der Waals surface area (Å²) in [5, 5.41) is 0. The number of aromatic amines is 1. The first kappa shape index (κ1) is 16.4. The standard InChI is InChI=1S/C10H13N2O7PS/c13-4-6-3-12(10(21)11-9(6)14)8-2-1-7(19-8)5-18-20(15,16)17/h3-4,7-8,15-17H,1-2,5H2/p+1. The zero-order valence-corrected chi connectivity index (χ0v) is 12.4. The fourth-order valence-electron chi connectivity index (χ4n) is 2.00. The van der Waals surface area contributed by atoms with Gasteiger partial charge in [0.1, 0.15) is 12.8 Å². The lowest BCUT2D eigenvalue weighted by Crippen LogP contribution is -2.22. The molecule has 4 N–H and O–H groups in total. The SMILES string of the molecule is O=Cc1cn(C2CCC(CO[P+](O)(O)O)O2)c(=S)[nH]c1=O. The summed E-state index contributed by atoms with van der Waals surface area (Å²) in [5.74, 6) is 0. The molecule has 0 amide bonds. The van der Waals surface area contributed by atoms with Gasteiger partial charge in [0.25, 0.3) is 5.56 Å². The number of H-pyrrole nitrogens is 1. The first-order chi connectivity index (χ1) is 9.80. The first-order valence-corrected chi connectivity index (χ1v) is 7.95. The van der Waals surface area contributed by atoms with Crippen molar-refractivity contribution in [3.8, 4) is 0 Å². The second-order valence-corrected chi connectivity index (χ2v) is 6.14. The lowest BCUT2D eigenvalue weighted by Gasteiger charge is -2.16. The normalized spacial score (nSPS) is 22.4. The van der Waals surface area contributed by atoms with Gasteiger partial charge in [-0.25, -0.2) is 0 Å². The number of hydrogen-bond acceptors (Lipinski definition) is 8. The van der Waals surface area contributed by atoms with Crippen LogP contribution in [0.1, 0.15) is 29.4 Å². The minimum atomic E-state index is -4.29. The van der Waals surface area contributed by atoms with E-state index in [-0.39, 0.29) is 16.9 Å². The Balaban J connectivity index is 2.10. The molecular formula is C10H14N2O7PS+. The number of ether oxygens (including phenoxy) is 1. The average Bonchev–Trinajstić information content (AvgIpc) is 2.84. The van der Waals surface area contributed by atoms with Gasteiger partial charge < -0.3 is 4.74 Å². The monoisotopic (exact) mass is 337 g/mol. The number of nitrogens with one attached hydrogen (secondary N) is 1. The van der Waals surface area contributed by atoms with Gasteiger partial charge in [0.2, 0.25) is 0 Å². The van der Waals surface area contributed by atoms with Crippen LogP contribution in [0.2, 0.25) is 0 Å². The lowest BCUT2D eigenvalue weighted by atomic mass is 10.2. The van der Waals surface area contributed by atoms with Gasteiger partial charge in [0.15, 0.2) is 11.1 Å². The summed E-state index contributed by atoms with van der Waals surface area (Å²) in [6.45, 7) is -0.189. The Kier molecular flexibility index (Phi) is 4.99. The predicted molar refractivity (Wildman–Crippen MR) is 73.9 cm³/mol. The molecule has 2 atom stereocenters. The van der Waals surface area contributed by atoms with E-state index in [9.17, 15) is 9.59 Å². The number of aldehydes is 1. The highest BCUT2D eigenvalue weighted by atomic mass is 32.1. The van der Waals surface area contributed by atoms with Crippen LogP contribution in [0.3, 0.4) is 0 Å². The highest BCUT2D eigenvalue weighted by molar-refractivity contribution is 7.71. The third kappa shape index (κ3) is 4.24. The van der Waals surface area contributed by atoms with Gasteiger partial charge in [-0.2, -0.15) is 19.2 Å². The zero-order chi connectivity index (χ0) is 15.6. The average molecular weight is 337 g/mol. The topological polar surface area (TPSA) is 134 Å². The van der Waals surface area contributed by atoms with Gasteiger partial charge in [-0.1, -0.05) is 0 Å². The molecule has 0 aliphatic carbocycles. The Morgan fingerprint density at radius 3 is 2.86 bits per heavy atom. The van der Waals surface area contributed by atoms with Crippen molar-refractivity contribution in [3.63, 3.8) is 0 Å². The van der Waals surface area contributed by atoms with E-state index in [0.29, 0.717) is 19.1 Å². The minimum Gasteiger partial charge on any atom is -0.352 e. The van der Waals surface area contributed by atoms with E-state index in [1.807, 2.05) is 0 Å². The largest absolute Gasteiger partial charge is 0.567 e. The van der Waals surface area contributed by atoms with Crippen LogP contribution in [0.4, 0.5) is 0 Å². The molecular weight excluding hydrogens is 323 g/mol. The summed E-state index contributed by atoms with van der Waals surface area (Å²) < 4.78 is 11.6. The van der Waals surface area contributed by atoms with Crippen molar-refractivity contribution in [1.82, 2.24) is 9.55 Å². The molecule has 11 heteroatoms. The molecule has 0 saturated carbocycles. The second-order valence-electron chi connectivity index (χ2n) is 4.47. The summed E-state index contributed by atoms with van der Waals surface area (Å²) in [6.07, 6.45) is 1.81. The van der Waals surface area contributed by atoms with Gasteiger partial charge >= 0.3 is 8.17 Å². The maximum atomic E-state index is 11.4. The highest BCUT2D eigenvalue weighted by Crippen LogP contribution is 2.46. The Morgan fingerprint density at radius 1 is 1.52 bits per heavy atom. The molecule has 9 nitrogen and oxygen atoms in total. The van der Waals surface area contributed by atoms with Crippen LogP contribution < -0.4 is 5.56 Å². The molecule has 0 spiro atoms. The third-order valence-electron chi connectivity index (χ3n) is 2.95. The number of rotatable bonds is 5. The molecule has 1 fully saturated rings. The smallest absolute Gasteiger partial charge is 0.352 e. The number of carbonyl (C=O) groups excluding carboxylic acids is 1. The molecule has 21 heavy (non-hydrogen) atoms. The Morgan fingerprint density at radius 2 is 2.24 bits per heavy atom. The van der Waals surface area contributed by atoms with Crippen molar-refractivity contribution >= 4 is 26.7 Å². The van der Waals surface area contributed by atoms with Crippen LogP contribution in [0.25, 0.3) is 0 Å². The van der Waals surface area contributed by atoms with Gasteiger partial charge in [0.05, 0.1) is 11.7 Å². The minimum absolute atomic E-state index is 0.0714. The molecule has 0 aromatic carbocycles. The molecule has 1 aliphatic rings. The van der Waals surface area contributed by atoms with Crippen molar-refractivity contribution in [2.75, 3.05) is 6.61 Å². The van der Waals surface area contributed by atoms with Crippen LogP contribution in [0, 0.1) is 4.77 Å². The fourth-order valence-corrected chi connectivity index (χ4v) is 2.63. The summed E-state index contributed by atoms with van der Waals surface area (Å²) >= 11 is 5.01.